The number of benzene rings is 2. The summed E-state index contributed by atoms with van der Waals surface area (Å²) < 4.78 is 11.5. The molecule has 0 saturated heterocycles. The first kappa shape index (κ1) is 19.7. The van der Waals surface area contributed by atoms with Crippen LogP contribution in [0.4, 0.5) is 5.69 Å². The predicted octanol–water partition coefficient (Wildman–Crippen LogP) is 4.96. The lowest BCUT2D eigenvalue weighted by Gasteiger charge is -2.26. The fraction of sp³-hybridized carbons (Fsp3) is 0.304. The molecule has 0 aliphatic carbocycles. The first-order valence-electron chi connectivity index (χ1n) is 9.22. The fourth-order valence-electron chi connectivity index (χ4n) is 3.16. The number of fused-ring (bicyclic) bond motifs is 1. The number of rotatable bonds is 5. The van der Waals surface area contributed by atoms with Gasteiger partial charge in [0.2, 0.25) is 0 Å². The van der Waals surface area contributed by atoms with E-state index in [9.17, 15) is 4.79 Å². The van der Waals surface area contributed by atoms with Gasteiger partial charge in [-0.05, 0) is 76.1 Å². The van der Waals surface area contributed by atoms with Gasteiger partial charge in [-0.1, -0.05) is 6.07 Å². The van der Waals surface area contributed by atoms with Gasteiger partial charge in [0, 0.05) is 22.8 Å². The number of nitrogens with one attached hydrogen (secondary N) is 1. The van der Waals surface area contributed by atoms with Crippen LogP contribution < -0.4 is 14.8 Å². The number of pyridine rings is 1. The molecule has 1 amide bonds. The third-order valence-electron chi connectivity index (χ3n) is 4.50. The summed E-state index contributed by atoms with van der Waals surface area (Å²) >= 11 is 0. The third kappa shape index (κ3) is 4.25. The van der Waals surface area contributed by atoms with Crippen LogP contribution in [0, 0.1) is 20.8 Å². The molecular weight excluding hydrogens is 352 g/mol. The standard InChI is InChI=1S/C23H26N2O3/c1-14-9-15(2)11-17(10-14)25-22(26)23(4,5)28-21-12-16(3)24-20-8-7-18(27-6)13-19(20)21/h7-13H,1-6H3,(H,25,26). The van der Waals surface area contributed by atoms with Gasteiger partial charge in [0.25, 0.3) is 5.91 Å². The van der Waals surface area contributed by atoms with E-state index >= 15 is 0 Å². The van der Waals surface area contributed by atoms with Crippen molar-refractivity contribution in [3.05, 3.63) is 59.3 Å². The molecule has 2 aromatic carbocycles. The Bertz CT molecular complexity index is 1020. The van der Waals surface area contributed by atoms with Gasteiger partial charge in [-0.3, -0.25) is 9.78 Å². The Balaban J connectivity index is 1.91. The van der Waals surface area contributed by atoms with Gasteiger partial charge < -0.3 is 14.8 Å². The van der Waals surface area contributed by atoms with Crippen molar-refractivity contribution in [2.75, 3.05) is 12.4 Å². The van der Waals surface area contributed by atoms with Gasteiger partial charge in [-0.25, -0.2) is 0 Å². The number of carbonyl (C=O) groups is 1. The van der Waals surface area contributed by atoms with E-state index in [1.54, 1.807) is 21.0 Å². The van der Waals surface area contributed by atoms with Gasteiger partial charge in [0.15, 0.2) is 5.60 Å². The van der Waals surface area contributed by atoms with E-state index < -0.39 is 5.60 Å². The smallest absolute Gasteiger partial charge is 0.267 e. The van der Waals surface area contributed by atoms with Gasteiger partial charge in [0.1, 0.15) is 11.5 Å². The number of anilines is 1. The van der Waals surface area contributed by atoms with Crippen LogP contribution in [0.3, 0.4) is 0 Å². The Morgan fingerprint density at radius 1 is 1.00 bits per heavy atom. The van der Waals surface area contributed by atoms with Crippen LogP contribution in [-0.2, 0) is 4.79 Å². The third-order valence-corrected chi connectivity index (χ3v) is 4.50. The second kappa shape index (κ2) is 7.50. The highest BCUT2D eigenvalue weighted by atomic mass is 16.5. The highest BCUT2D eigenvalue weighted by Crippen LogP contribution is 2.32. The molecule has 0 aliphatic heterocycles. The maximum absolute atomic E-state index is 12.9. The van der Waals surface area contributed by atoms with Crippen LogP contribution in [0.5, 0.6) is 11.5 Å². The average molecular weight is 378 g/mol. The minimum Gasteiger partial charge on any atom is -0.497 e. The molecule has 1 N–H and O–H groups in total. The molecule has 0 bridgehead atoms. The summed E-state index contributed by atoms with van der Waals surface area (Å²) in [6, 6.07) is 13.4. The number of amides is 1. The molecule has 5 nitrogen and oxygen atoms in total. The number of nitrogens with zero attached hydrogens (tertiary/aromatic N) is 1. The molecule has 0 aliphatic rings. The summed E-state index contributed by atoms with van der Waals surface area (Å²) in [6.45, 7) is 9.42. The average Bonchev–Trinajstić information content (AvgIpc) is 2.60. The van der Waals surface area contributed by atoms with Crippen molar-refractivity contribution < 1.29 is 14.3 Å². The van der Waals surface area contributed by atoms with Crippen LogP contribution in [0.25, 0.3) is 10.9 Å². The highest BCUT2D eigenvalue weighted by molar-refractivity contribution is 5.97. The van der Waals surface area contributed by atoms with Gasteiger partial charge in [-0.15, -0.1) is 0 Å². The van der Waals surface area contributed by atoms with Crippen molar-refractivity contribution in [2.24, 2.45) is 0 Å². The molecule has 1 heterocycles. The molecule has 5 heteroatoms. The number of aromatic nitrogens is 1. The molecule has 146 valence electrons. The zero-order valence-electron chi connectivity index (χ0n) is 17.2. The lowest BCUT2D eigenvalue weighted by atomic mass is 10.1. The summed E-state index contributed by atoms with van der Waals surface area (Å²) in [5.41, 5.74) is 3.48. The minimum atomic E-state index is -1.08. The second-order valence-electron chi connectivity index (χ2n) is 7.59. The van der Waals surface area contributed by atoms with Gasteiger partial charge in [0.05, 0.1) is 12.6 Å². The molecule has 0 spiro atoms. The van der Waals surface area contributed by atoms with E-state index in [1.807, 2.05) is 57.2 Å². The number of methoxy groups -OCH3 is 1. The molecule has 0 fully saturated rings. The maximum atomic E-state index is 12.9. The summed E-state index contributed by atoms with van der Waals surface area (Å²) in [4.78, 5) is 17.5. The van der Waals surface area contributed by atoms with Crippen LogP contribution >= 0.6 is 0 Å². The van der Waals surface area contributed by atoms with Crippen molar-refractivity contribution in [1.29, 1.82) is 0 Å². The summed E-state index contributed by atoms with van der Waals surface area (Å²) in [5.74, 6) is 1.09. The SMILES string of the molecule is COc1ccc2nc(C)cc(OC(C)(C)C(=O)Nc3cc(C)cc(C)c3)c2c1. The number of hydrogen-bond acceptors (Lipinski definition) is 4. The molecule has 1 aromatic heterocycles. The minimum absolute atomic E-state index is 0.219. The maximum Gasteiger partial charge on any atom is 0.267 e. The summed E-state index contributed by atoms with van der Waals surface area (Å²) in [5, 5.41) is 3.77. The first-order chi connectivity index (χ1) is 13.2. The van der Waals surface area contributed by atoms with Crippen molar-refractivity contribution in [1.82, 2.24) is 4.98 Å². The van der Waals surface area contributed by atoms with Crippen molar-refractivity contribution >= 4 is 22.5 Å². The predicted molar refractivity (Wildman–Crippen MR) is 112 cm³/mol. The fourth-order valence-corrected chi connectivity index (χ4v) is 3.16. The van der Waals surface area contributed by atoms with Gasteiger partial charge in [-0.2, -0.15) is 0 Å². The monoisotopic (exact) mass is 378 g/mol. The zero-order valence-corrected chi connectivity index (χ0v) is 17.2. The Morgan fingerprint density at radius 3 is 2.32 bits per heavy atom. The van der Waals surface area contributed by atoms with E-state index in [-0.39, 0.29) is 5.91 Å². The number of ether oxygens (including phenoxy) is 2. The normalized spacial score (nSPS) is 11.4. The zero-order chi connectivity index (χ0) is 20.5. The van der Waals surface area contributed by atoms with E-state index in [2.05, 4.69) is 16.4 Å². The quantitative estimate of drug-likeness (QED) is 0.681. The Labute approximate surface area is 165 Å². The summed E-state index contributed by atoms with van der Waals surface area (Å²) in [6.07, 6.45) is 0. The van der Waals surface area contributed by atoms with Crippen molar-refractivity contribution in [3.63, 3.8) is 0 Å². The molecule has 3 rings (SSSR count). The number of aryl methyl sites for hydroxylation is 3. The summed E-state index contributed by atoms with van der Waals surface area (Å²) in [7, 11) is 1.62. The van der Waals surface area contributed by atoms with E-state index in [0.29, 0.717) is 11.5 Å². The highest BCUT2D eigenvalue weighted by Gasteiger charge is 2.31. The second-order valence-corrected chi connectivity index (χ2v) is 7.59. The topological polar surface area (TPSA) is 60.5 Å². The molecule has 3 aromatic rings. The van der Waals surface area contributed by atoms with Crippen LogP contribution in [0.2, 0.25) is 0 Å². The van der Waals surface area contributed by atoms with Crippen molar-refractivity contribution in [3.8, 4) is 11.5 Å². The largest absolute Gasteiger partial charge is 0.497 e. The van der Waals surface area contributed by atoms with E-state index in [0.717, 1.165) is 33.4 Å². The lowest BCUT2D eigenvalue weighted by molar-refractivity contribution is -0.128. The van der Waals surface area contributed by atoms with E-state index in [4.69, 9.17) is 9.47 Å². The Kier molecular flexibility index (Phi) is 5.27. The van der Waals surface area contributed by atoms with Crippen LogP contribution in [0.1, 0.15) is 30.7 Å². The molecule has 0 saturated carbocycles. The first-order valence-corrected chi connectivity index (χ1v) is 9.22. The van der Waals surface area contributed by atoms with E-state index in [1.165, 1.54) is 0 Å². The van der Waals surface area contributed by atoms with Crippen LogP contribution in [0.15, 0.2) is 42.5 Å². The Hall–Kier alpha value is -3.08. The Morgan fingerprint density at radius 2 is 1.68 bits per heavy atom. The molecule has 0 atom stereocenters. The number of hydrogen-bond donors (Lipinski definition) is 1. The van der Waals surface area contributed by atoms with Crippen molar-refractivity contribution in [2.45, 2.75) is 40.2 Å². The molecule has 28 heavy (non-hydrogen) atoms. The van der Waals surface area contributed by atoms with Crippen LogP contribution in [-0.4, -0.2) is 23.6 Å². The number of carbonyl (C=O) groups excluding carboxylic acids is 1. The van der Waals surface area contributed by atoms with Gasteiger partial charge >= 0.3 is 0 Å². The lowest BCUT2D eigenvalue weighted by Crippen LogP contribution is -2.42. The molecule has 0 unspecified atom stereocenters. The molecular formula is C23H26N2O3. The molecule has 0 radical (unpaired) electrons.